The quantitative estimate of drug-likeness (QED) is 0.650. The van der Waals surface area contributed by atoms with Crippen LogP contribution in [0.3, 0.4) is 0 Å². The summed E-state index contributed by atoms with van der Waals surface area (Å²) < 4.78 is 1.67. The van der Waals surface area contributed by atoms with Crippen LogP contribution in [-0.4, -0.2) is 32.0 Å². The molecule has 2 aromatic carbocycles. The summed E-state index contributed by atoms with van der Waals surface area (Å²) in [5.41, 5.74) is 2.76. The van der Waals surface area contributed by atoms with Gasteiger partial charge >= 0.3 is 5.97 Å². The van der Waals surface area contributed by atoms with Crippen LogP contribution >= 0.6 is 23.2 Å². The number of nitrogens with one attached hydrogen (secondary N) is 1. The highest BCUT2D eigenvalue weighted by Gasteiger charge is 2.09. The Labute approximate surface area is 157 Å². The standard InChI is InChI=1S/C17H12Cl2N4O3/c18-12-7-14-15(8-13(12)19)23(22-21-14)9-10-2-1-3-11(6-10)20-16(24)4-5-17(25)26/h1-8H,9H2,(H,20,24)(H,25,26)/b5-4+. The Bertz CT molecular complexity index is 1030. The van der Waals surface area contributed by atoms with E-state index in [1.54, 1.807) is 35.0 Å². The van der Waals surface area contributed by atoms with E-state index in [1.807, 2.05) is 6.07 Å². The summed E-state index contributed by atoms with van der Waals surface area (Å²) >= 11 is 12.0. The smallest absolute Gasteiger partial charge is 0.328 e. The zero-order chi connectivity index (χ0) is 18.7. The van der Waals surface area contributed by atoms with Crippen molar-refractivity contribution in [3.05, 3.63) is 64.2 Å². The van der Waals surface area contributed by atoms with Gasteiger partial charge in [-0.2, -0.15) is 0 Å². The molecule has 132 valence electrons. The third kappa shape index (κ3) is 4.19. The zero-order valence-electron chi connectivity index (χ0n) is 13.2. The fourth-order valence-electron chi connectivity index (χ4n) is 2.33. The molecule has 9 heteroatoms. The van der Waals surface area contributed by atoms with E-state index in [9.17, 15) is 9.59 Å². The van der Waals surface area contributed by atoms with Crippen molar-refractivity contribution >= 4 is 51.8 Å². The maximum Gasteiger partial charge on any atom is 0.328 e. The first-order valence-corrected chi connectivity index (χ1v) is 8.17. The number of carbonyl (C=O) groups is 2. The Morgan fingerprint density at radius 1 is 1.15 bits per heavy atom. The monoisotopic (exact) mass is 390 g/mol. The fourth-order valence-corrected chi connectivity index (χ4v) is 2.65. The van der Waals surface area contributed by atoms with Crippen molar-refractivity contribution in [2.24, 2.45) is 0 Å². The van der Waals surface area contributed by atoms with Crippen LogP contribution in [-0.2, 0) is 16.1 Å². The molecule has 0 saturated heterocycles. The zero-order valence-corrected chi connectivity index (χ0v) is 14.7. The van der Waals surface area contributed by atoms with Crippen LogP contribution in [0.1, 0.15) is 5.56 Å². The highest BCUT2D eigenvalue weighted by atomic mass is 35.5. The number of carboxylic acid groups (broad SMARTS) is 1. The fraction of sp³-hybridized carbons (Fsp3) is 0.0588. The minimum Gasteiger partial charge on any atom is -0.478 e. The van der Waals surface area contributed by atoms with Crippen molar-refractivity contribution < 1.29 is 14.7 Å². The van der Waals surface area contributed by atoms with Gasteiger partial charge in [-0.05, 0) is 29.8 Å². The topological polar surface area (TPSA) is 97.1 Å². The summed E-state index contributed by atoms with van der Waals surface area (Å²) in [4.78, 5) is 22.1. The summed E-state index contributed by atoms with van der Waals surface area (Å²) in [5, 5.41) is 20.1. The van der Waals surface area contributed by atoms with E-state index < -0.39 is 11.9 Å². The van der Waals surface area contributed by atoms with Gasteiger partial charge in [0, 0.05) is 17.8 Å². The van der Waals surface area contributed by atoms with Gasteiger partial charge in [-0.3, -0.25) is 4.79 Å². The van der Waals surface area contributed by atoms with Crippen LogP contribution in [0.2, 0.25) is 10.0 Å². The van der Waals surface area contributed by atoms with Crippen LogP contribution in [0.25, 0.3) is 11.0 Å². The number of carbonyl (C=O) groups excluding carboxylic acids is 1. The predicted molar refractivity (Wildman–Crippen MR) is 98.5 cm³/mol. The summed E-state index contributed by atoms with van der Waals surface area (Å²) in [5.74, 6) is -1.72. The van der Waals surface area contributed by atoms with Crippen molar-refractivity contribution in [2.75, 3.05) is 5.32 Å². The summed E-state index contributed by atoms with van der Waals surface area (Å²) in [7, 11) is 0. The maximum atomic E-state index is 11.7. The third-order valence-corrected chi connectivity index (χ3v) is 4.18. The molecule has 3 rings (SSSR count). The molecule has 0 spiro atoms. The van der Waals surface area contributed by atoms with E-state index in [4.69, 9.17) is 28.3 Å². The normalized spacial score (nSPS) is 11.2. The van der Waals surface area contributed by atoms with Crippen LogP contribution in [0.5, 0.6) is 0 Å². The largest absolute Gasteiger partial charge is 0.478 e. The number of anilines is 1. The van der Waals surface area contributed by atoms with Gasteiger partial charge in [-0.25, -0.2) is 9.48 Å². The van der Waals surface area contributed by atoms with Crippen molar-refractivity contribution in [1.29, 1.82) is 0 Å². The summed E-state index contributed by atoms with van der Waals surface area (Å²) in [6.07, 6.45) is 1.72. The molecule has 0 aliphatic carbocycles. The summed E-state index contributed by atoms with van der Waals surface area (Å²) in [6, 6.07) is 10.4. The number of carboxylic acids is 1. The van der Waals surface area contributed by atoms with Gasteiger partial charge in [0.25, 0.3) is 0 Å². The minimum absolute atomic E-state index is 0.406. The maximum absolute atomic E-state index is 11.7. The van der Waals surface area contributed by atoms with E-state index in [2.05, 4.69) is 15.6 Å². The number of aliphatic carboxylic acids is 1. The number of hydrogen-bond donors (Lipinski definition) is 2. The van der Waals surface area contributed by atoms with Crippen molar-refractivity contribution in [2.45, 2.75) is 6.54 Å². The minimum atomic E-state index is -1.19. The van der Waals surface area contributed by atoms with Gasteiger partial charge in [0.05, 0.1) is 22.1 Å². The number of halogens is 2. The SMILES string of the molecule is O=C(O)/C=C/C(=O)Nc1cccc(Cn2nnc3cc(Cl)c(Cl)cc32)c1. The molecule has 0 saturated carbocycles. The molecular weight excluding hydrogens is 379 g/mol. The third-order valence-electron chi connectivity index (χ3n) is 3.46. The second kappa shape index (κ2) is 7.55. The molecule has 0 fully saturated rings. The van der Waals surface area contributed by atoms with E-state index in [1.165, 1.54) is 0 Å². The highest BCUT2D eigenvalue weighted by Crippen LogP contribution is 2.27. The van der Waals surface area contributed by atoms with Gasteiger partial charge in [0.2, 0.25) is 5.91 Å². The molecule has 1 amide bonds. The van der Waals surface area contributed by atoms with Crippen LogP contribution in [0, 0.1) is 0 Å². The van der Waals surface area contributed by atoms with E-state index in [0.29, 0.717) is 27.8 Å². The van der Waals surface area contributed by atoms with Crippen LogP contribution in [0.15, 0.2) is 48.6 Å². The molecule has 0 aliphatic rings. The Hall–Kier alpha value is -2.90. The first kappa shape index (κ1) is 17.9. The van der Waals surface area contributed by atoms with Crippen molar-refractivity contribution in [1.82, 2.24) is 15.0 Å². The van der Waals surface area contributed by atoms with E-state index in [0.717, 1.165) is 23.2 Å². The molecule has 2 N–H and O–H groups in total. The first-order valence-electron chi connectivity index (χ1n) is 7.41. The molecule has 0 aliphatic heterocycles. The van der Waals surface area contributed by atoms with Gasteiger partial charge in [0.15, 0.2) is 0 Å². The predicted octanol–water partition coefficient (Wildman–Crippen LogP) is 3.37. The average molecular weight is 391 g/mol. The molecule has 0 radical (unpaired) electrons. The number of amides is 1. The molecule has 0 atom stereocenters. The Morgan fingerprint density at radius 2 is 1.92 bits per heavy atom. The molecule has 1 aromatic heterocycles. The molecule has 26 heavy (non-hydrogen) atoms. The van der Waals surface area contributed by atoms with Gasteiger partial charge in [-0.15, -0.1) is 5.10 Å². The second-order valence-electron chi connectivity index (χ2n) is 5.36. The molecule has 0 bridgehead atoms. The van der Waals surface area contributed by atoms with Crippen LogP contribution < -0.4 is 5.32 Å². The molecule has 7 nitrogen and oxygen atoms in total. The Morgan fingerprint density at radius 3 is 2.69 bits per heavy atom. The van der Waals surface area contributed by atoms with Crippen LogP contribution in [0.4, 0.5) is 5.69 Å². The van der Waals surface area contributed by atoms with Gasteiger partial charge in [-0.1, -0.05) is 40.5 Å². The number of hydrogen-bond acceptors (Lipinski definition) is 4. The molecule has 0 unspecified atom stereocenters. The molecular formula is C17H12Cl2N4O3. The average Bonchev–Trinajstić information content (AvgIpc) is 2.95. The highest BCUT2D eigenvalue weighted by molar-refractivity contribution is 6.42. The van der Waals surface area contributed by atoms with Crippen molar-refractivity contribution in [3.8, 4) is 0 Å². The Kier molecular flexibility index (Phi) is 5.20. The lowest BCUT2D eigenvalue weighted by molar-refractivity contribution is -0.131. The molecule has 1 heterocycles. The lowest BCUT2D eigenvalue weighted by atomic mass is 10.2. The summed E-state index contributed by atoms with van der Waals surface area (Å²) in [6.45, 7) is 0.406. The van der Waals surface area contributed by atoms with E-state index >= 15 is 0 Å². The number of fused-ring (bicyclic) bond motifs is 1. The lowest BCUT2D eigenvalue weighted by Crippen LogP contribution is -2.09. The van der Waals surface area contributed by atoms with Crippen molar-refractivity contribution in [3.63, 3.8) is 0 Å². The number of rotatable bonds is 5. The second-order valence-corrected chi connectivity index (χ2v) is 6.18. The number of aromatic nitrogens is 3. The van der Waals surface area contributed by atoms with E-state index in [-0.39, 0.29) is 0 Å². The Balaban J connectivity index is 1.80. The lowest BCUT2D eigenvalue weighted by Gasteiger charge is -2.07. The number of nitrogens with zero attached hydrogens (tertiary/aromatic N) is 3. The molecule has 3 aromatic rings. The van der Waals surface area contributed by atoms with Gasteiger partial charge in [0.1, 0.15) is 5.52 Å². The number of benzene rings is 2. The first-order chi connectivity index (χ1) is 12.4. The van der Waals surface area contributed by atoms with Gasteiger partial charge < -0.3 is 10.4 Å².